The molecule has 0 saturated carbocycles. The second-order valence-corrected chi connectivity index (χ2v) is 8.15. The highest BCUT2D eigenvalue weighted by molar-refractivity contribution is 5.81. The fourth-order valence-corrected chi connectivity index (χ4v) is 4.40. The zero-order valence-electron chi connectivity index (χ0n) is 17.6. The fourth-order valence-electron chi connectivity index (χ4n) is 4.40. The first-order valence-electron chi connectivity index (χ1n) is 11.0. The molecule has 1 aliphatic heterocycles. The van der Waals surface area contributed by atoms with Crippen molar-refractivity contribution in [2.45, 2.75) is 32.0 Å². The van der Waals surface area contributed by atoms with Crippen LogP contribution in [0.2, 0.25) is 0 Å². The molecule has 6 nitrogen and oxygen atoms in total. The van der Waals surface area contributed by atoms with E-state index in [1.165, 1.54) is 6.42 Å². The predicted molar refractivity (Wildman–Crippen MR) is 122 cm³/mol. The minimum absolute atomic E-state index is 0.247. The van der Waals surface area contributed by atoms with Crippen LogP contribution in [0.4, 0.5) is 0 Å². The molecule has 2 aromatic carbocycles. The molecule has 0 bridgehead atoms. The number of fused-ring (bicyclic) bond motifs is 1. The molecule has 160 valence electrons. The Labute approximate surface area is 182 Å². The van der Waals surface area contributed by atoms with Gasteiger partial charge in [-0.15, -0.1) is 0 Å². The third-order valence-electron chi connectivity index (χ3n) is 6.15. The number of hydrogen-bond acceptors (Lipinski definition) is 4. The molecule has 1 aliphatic rings. The van der Waals surface area contributed by atoms with E-state index in [4.69, 9.17) is 4.74 Å². The molecule has 0 radical (unpaired) electrons. The molecule has 1 N–H and O–H groups in total. The number of benzene rings is 2. The second-order valence-electron chi connectivity index (χ2n) is 8.15. The van der Waals surface area contributed by atoms with Gasteiger partial charge in [0.05, 0.1) is 31.1 Å². The van der Waals surface area contributed by atoms with Crippen LogP contribution >= 0.6 is 0 Å². The summed E-state index contributed by atoms with van der Waals surface area (Å²) in [5.74, 6) is 0.851. The lowest BCUT2D eigenvalue weighted by Crippen LogP contribution is -2.34. The summed E-state index contributed by atoms with van der Waals surface area (Å²) in [4.78, 5) is 2.37. The Hall–Kier alpha value is -3.09. The van der Waals surface area contributed by atoms with Gasteiger partial charge >= 0.3 is 0 Å². The first-order valence-corrected chi connectivity index (χ1v) is 11.0. The van der Waals surface area contributed by atoms with Gasteiger partial charge < -0.3 is 14.4 Å². The highest BCUT2D eigenvalue weighted by atomic mass is 16.5. The van der Waals surface area contributed by atoms with E-state index in [2.05, 4.69) is 49.6 Å². The molecule has 0 aliphatic carbocycles. The van der Waals surface area contributed by atoms with Crippen LogP contribution in [-0.4, -0.2) is 50.1 Å². The average molecular weight is 417 g/mol. The molecule has 1 fully saturated rings. The van der Waals surface area contributed by atoms with Gasteiger partial charge in [-0.2, -0.15) is 5.10 Å². The van der Waals surface area contributed by atoms with Crippen LogP contribution in [0.25, 0.3) is 16.6 Å². The van der Waals surface area contributed by atoms with Crippen LogP contribution < -0.4 is 4.74 Å². The third-order valence-corrected chi connectivity index (χ3v) is 6.15. The molecule has 2 aromatic heterocycles. The first kappa shape index (κ1) is 19.8. The quantitative estimate of drug-likeness (QED) is 0.474. The molecule has 6 heteroatoms. The topological polar surface area (TPSA) is 55.5 Å². The number of nitrogens with zero attached hydrogens (tertiary/aromatic N) is 4. The molecule has 1 saturated heterocycles. The van der Waals surface area contributed by atoms with E-state index < -0.39 is 0 Å². The molecule has 4 aromatic rings. The van der Waals surface area contributed by atoms with Crippen molar-refractivity contribution in [1.82, 2.24) is 19.2 Å². The third kappa shape index (κ3) is 4.36. The maximum atomic E-state index is 9.52. The molecule has 31 heavy (non-hydrogen) atoms. The van der Waals surface area contributed by atoms with Crippen LogP contribution in [0, 0.1) is 0 Å². The van der Waals surface area contributed by atoms with Crippen LogP contribution in [-0.2, 0) is 13.2 Å². The number of ether oxygens (including phenoxy) is 1. The van der Waals surface area contributed by atoms with Crippen molar-refractivity contribution < 1.29 is 9.84 Å². The predicted octanol–water partition coefficient (Wildman–Crippen LogP) is 3.86. The largest absolute Gasteiger partial charge is 0.487 e. The standard InChI is InChI=1S/C25H28N4O2/c30-18-23-7-4-11-27(23)13-14-29-25-9-8-22(15-21(25)16-26-29)28-12-10-24(17-28)31-19-20-5-2-1-3-6-20/h1-3,5-6,8-10,12,15-17,23,30H,4,7,11,13-14,18-19H2/t23-/m0/s1. The van der Waals surface area contributed by atoms with Gasteiger partial charge in [-0.25, -0.2) is 0 Å². The number of hydrogen-bond donors (Lipinski definition) is 1. The zero-order valence-corrected chi connectivity index (χ0v) is 17.6. The molecular formula is C25H28N4O2. The van der Waals surface area contributed by atoms with Crippen molar-refractivity contribution in [3.63, 3.8) is 0 Å². The van der Waals surface area contributed by atoms with E-state index in [0.717, 1.165) is 54.0 Å². The molecule has 0 amide bonds. The Kier molecular flexibility index (Phi) is 5.74. The smallest absolute Gasteiger partial charge is 0.137 e. The van der Waals surface area contributed by atoms with Crippen molar-refractivity contribution in [2.75, 3.05) is 19.7 Å². The lowest BCUT2D eigenvalue weighted by molar-refractivity contribution is 0.154. The maximum Gasteiger partial charge on any atom is 0.137 e. The minimum Gasteiger partial charge on any atom is -0.487 e. The summed E-state index contributed by atoms with van der Waals surface area (Å²) in [6.07, 6.45) is 8.23. The maximum absolute atomic E-state index is 9.52. The Bertz CT molecular complexity index is 1130. The van der Waals surface area contributed by atoms with E-state index in [1.54, 1.807) is 0 Å². The van der Waals surface area contributed by atoms with Gasteiger partial charge in [0.1, 0.15) is 12.4 Å². The summed E-state index contributed by atoms with van der Waals surface area (Å²) < 4.78 is 10.1. The SMILES string of the molecule is OC[C@@H]1CCCN1CCn1ncc2cc(-n3ccc(OCc4ccccc4)c3)ccc21. The van der Waals surface area contributed by atoms with Crippen LogP contribution in [0.5, 0.6) is 5.75 Å². The minimum atomic E-state index is 0.247. The van der Waals surface area contributed by atoms with Gasteiger partial charge in [0.2, 0.25) is 0 Å². The lowest BCUT2D eigenvalue weighted by atomic mass is 10.2. The highest BCUT2D eigenvalue weighted by Crippen LogP contribution is 2.23. The van der Waals surface area contributed by atoms with Gasteiger partial charge in [0, 0.05) is 29.9 Å². The Balaban J connectivity index is 1.26. The molecule has 0 spiro atoms. The Morgan fingerprint density at radius 3 is 2.84 bits per heavy atom. The van der Waals surface area contributed by atoms with Gasteiger partial charge in [-0.05, 0) is 49.2 Å². The molecular weight excluding hydrogens is 388 g/mol. The summed E-state index contributed by atoms with van der Waals surface area (Å²) >= 11 is 0. The van der Waals surface area contributed by atoms with Gasteiger partial charge in [-0.3, -0.25) is 9.58 Å². The van der Waals surface area contributed by atoms with Gasteiger partial charge in [0.25, 0.3) is 0 Å². The molecule has 5 rings (SSSR count). The average Bonchev–Trinajstić information content (AvgIpc) is 3.56. The normalized spacial score (nSPS) is 16.9. The summed E-state index contributed by atoms with van der Waals surface area (Å²) in [6, 6.07) is 18.9. The second kappa shape index (κ2) is 8.96. The van der Waals surface area contributed by atoms with Crippen molar-refractivity contribution >= 4 is 10.9 Å². The van der Waals surface area contributed by atoms with Crippen molar-refractivity contribution in [2.24, 2.45) is 0 Å². The van der Waals surface area contributed by atoms with Crippen molar-refractivity contribution in [3.8, 4) is 11.4 Å². The Morgan fingerprint density at radius 2 is 1.97 bits per heavy atom. The van der Waals surface area contributed by atoms with Crippen LogP contribution in [0.3, 0.4) is 0 Å². The molecule has 0 unspecified atom stereocenters. The van der Waals surface area contributed by atoms with E-state index in [-0.39, 0.29) is 6.61 Å². The van der Waals surface area contributed by atoms with Gasteiger partial charge in [-0.1, -0.05) is 30.3 Å². The van der Waals surface area contributed by atoms with Gasteiger partial charge in [0.15, 0.2) is 0 Å². The molecule has 3 heterocycles. The Morgan fingerprint density at radius 1 is 1.06 bits per heavy atom. The number of aliphatic hydroxyl groups excluding tert-OH is 1. The van der Waals surface area contributed by atoms with E-state index in [1.807, 2.05) is 42.9 Å². The monoisotopic (exact) mass is 416 g/mol. The fraction of sp³-hybridized carbons (Fsp3) is 0.320. The molecule has 1 atom stereocenters. The van der Waals surface area contributed by atoms with E-state index >= 15 is 0 Å². The van der Waals surface area contributed by atoms with Crippen molar-refractivity contribution in [3.05, 3.63) is 78.8 Å². The lowest BCUT2D eigenvalue weighted by Gasteiger charge is -2.22. The number of aliphatic hydroxyl groups is 1. The summed E-state index contributed by atoms with van der Waals surface area (Å²) in [5, 5.41) is 15.2. The van der Waals surface area contributed by atoms with E-state index in [0.29, 0.717) is 12.6 Å². The van der Waals surface area contributed by atoms with Crippen LogP contribution in [0.15, 0.2) is 73.2 Å². The number of likely N-dealkylation sites (tertiary alicyclic amines) is 1. The summed E-state index contributed by atoms with van der Waals surface area (Å²) in [7, 11) is 0. The van der Waals surface area contributed by atoms with Crippen molar-refractivity contribution in [1.29, 1.82) is 0 Å². The zero-order chi connectivity index (χ0) is 21.0. The van der Waals surface area contributed by atoms with Crippen LogP contribution in [0.1, 0.15) is 18.4 Å². The summed E-state index contributed by atoms with van der Waals surface area (Å²) in [5.41, 5.74) is 3.38. The number of aromatic nitrogens is 3. The highest BCUT2D eigenvalue weighted by Gasteiger charge is 2.23. The number of rotatable bonds is 8. The first-order chi connectivity index (χ1) is 15.3. The summed E-state index contributed by atoms with van der Waals surface area (Å²) in [6.45, 7) is 3.63. The van der Waals surface area contributed by atoms with E-state index in [9.17, 15) is 5.11 Å².